The Morgan fingerprint density at radius 3 is 2.64 bits per heavy atom. The van der Waals surface area contributed by atoms with E-state index in [0.717, 1.165) is 24.1 Å². The van der Waals surface area contributed by atoms with Crippen LogP contribution in [0.5, 0.6) is 0 Å². The average Bonchev–Trinajstić information content (AvgIpc) is 2.34. The van der Waals surface area contributed by atoms with Gasteiger partial charge in [-0.1, -0.05) is 19.9 Å². The van der Waals surface area contributed by atoms with Crippen LogP contribution in [0.3, 0.4) is 0 Å². The van der Waals surface area contributed by atoms with Gasteiger partial charge in [0.2, 0.25) is 0 Å². The fourth-order valence-corrected chi connectivity index (χ4v) is 1.22. The first-order valence-electron chi connectivity index (χ1n) is 5.10. The van der Waals surface area contributed by atoms with E-state index in [9.17, 15) is 0 Å². The third kappa shape index (κ3) is 2.80. The molecule has 0 saturated carbocycles. The van der Waals surface area contributed by atoms with E-state index in [2.05, 4.69) is 16.1 Å². The largest absolute Gasteiger partial charge is 0.264 e. The molecule has 1 aromatic rings. The molecule has 0 N–H and O–H groups in total. The van der Waals surface area contributed by atoms with Gasteiger partial charge in [0.1, 0.15) is 0 Å². The summed E-state index contributed by atoms with van der Waals surface area (Å²) < 4.78 is 0. The van der Waals surface area contributed by atoms with E-state index in [1.165, 1.54) is 0 Å². The Kier molecular flexibility index (Phi) is 4.62. The molecule has 0 aliphatic carbocycles. The van der Waals surface area contributed by atoms with E-state index in [-0.39, 0.29) is 0 Å². The molecule has 0 amide bonds. The zero-order chi connectivity index (χ0) is 10.2. The quantitative estimate of drug-likeness (QED) is 0.663. The summed E-state index contributed by atoms with van der Waals surface area (Å²) in [5.74, 6) is 0. The van der Waals surface area contributed by atoms with Gasteiger partial charge in [-0.2, -0.15) is 0 Å². The van der Waals surface area contributed by atoms with Crippen molar-refractivity contribution in [3.8, 4) is 0 Å². The van der Waals surface area contributed by atoms with Gasteiger partial charge in [-0.25, -0.2) is 0 Å². The first-order valence-corrected chi connectivity index (χ1v) is 5.10. The van der Waals surface area contributed by atoms with E-state index in [1.807, 2.05) is 38.4 Å². The van der Waals surface area contributed by atoms with Gasteiger partial charge in [0.05, 0.1) is 5.70 Å². The van der Waals surface area contributed by atoms with Gasteiger partial charge < -0.3 is 0 Å². The van der Waals surface area contributed by atoms with Crippen molar-refractivity contribution in [2.45, 2.75) is 26.7 Å². The number of hydrogen-bond acceptors (Lipinski definition) is 2. The average molecular weight is 188 g/mol. The lowest BCUT2D eigenvalue weighted by Gasteiger charge is -2.04. The monoisotopic (exact) mass is 188 g/mol. The predicted octanol–water partition coefficient (Wildman–Crippen LogP) is 3.31. The summed E-state index contributed by atoms with van der Waals surface area (Å²) in [6.07, 6.45) is 9.88. The highest BCUT2D eigenvalue weighted by Gasteiger charge is 2.00. The van der Waals surface area contributed by atoms with Crippen LogP contribution < -0.4 is 0 Å². The van der Waals surface area contributed by atoms with Crippen LogP contribution in [0.1, 0.15) is 32.3 Å². The molecule has 1 aliphatic rings. The van der Waals surface area contributed by atoms with E-state index >= 15 is 0 Å². The van der Waals surface area contributed by atoms with Crippen molar-refractivity contribution in [3.05, 3.63) is 36.2 Å². The number of nitrogens with zero attached hydrogens (tertiary/aromatic N) is 2. The lowest BCUT2D eigenvalue weighted by atomic mass is 10.1. The molecule has 74 valence electrons. The van der Waals surface area contributed by atoms with Crippen LogP contribution >= 0.6 is 0 Å². The smallest absolute Gasteiger partial charge is 0.0673 e. The van der Waals surface area contributed by atoms with Crippen LogP contribution in [0.2, 0.25) is 0 Å². The Hall–Kier alpha value is -1.44. The molecule has 14 heavy (non-hydrogen) atoms. The highest BCUT2D eigenvalue weighted by molar-refractivity contribution is 5.75. The first-order chi connectivity index (χ1) is 6.97. The minimum Gasteiger partial charge on any atom is -0.264 e. The molecule has 2 nitrogen and oxygen atoms in total. The van der Waals surface area contributed by atoms with E-state index < -0.39 is 0 Å². The molecule has 0 atom stereocenters. The summed E-state index contributed by atoms with van der Waals surface area (Å²) in [6, 6.07) is 3.96. The van der Waals surface area contributed by atoms with Crippen LogP contribution in [0, 0.1) is 0 Å². The zero-order valence-corrected chi connectivity index (χ0v) is 8.77. The first kappa shape index (κ1) is 10.6. The number of allylic oxidation sites excluding steroid dienone is 1. The maximum Gasteiger partial charge on any atom is 0.0673 e. The van der Waals surface area contributed by atoms with Crippen LogP contribution in [-0.4, -0.2) is 11.2 Å². The summed E-state index contributed by atoms with van der Waals surface area (Å²) in [7, 11) is 0. The maximum absolute atomic E-state index is 4.30. The van der Waals surface area contributed by atoms with Gasteiger partial charge >= 0.3 is 0 Å². The number of hydrogen-bond donors (Lipinski definition) is 0. The molecular formula is C12H16N2. The second-order valence-electron chi connectivity index (χ2n) is 2.72. The van der Waals surface area contributed by atoms with Gasteiger partial charge in [-0.3, -0.25) is 9.98 Å². The van der Waals surface area contributed by atoms with Gasteiger partial charge in [-0.15, -0.1) is 0 Å². The van der Waals surface area contributed by atoms with Crippen molar-refractivity contribution in [1.82, 2.24) is 4.98 Å². The third-order valence-electron chi connectivity index (χ3n) is 1.82. The number of rotatable bonds is 1. The molecule has 2 rings (SSSR count). The number of pyridine rings is 1. The van der Waals surface area contributed by atoms with Crippen LogP contribution in [0.4, 0.5) is 0 Å². The molecule has 0 bridgehead atoms. The molecule has 0 aromatic carbocycles. The topological polar surface area (TPSA) is 25.2 Å². The number of aromatic nitrogens is 1. The standard InChI is InChI=1S/C10H10N2.C2H6/c1-2-7-12-10(5-1)9-4-3-6-11-8-9;1-2/h3-8H,1-2H2;1-2H3. The van der Waals surface area contributed by atoms with Crippen molar-refractivity contribution in [1.29, 1.82) is 0 Å². The van der Waals surface area contributed by atoms with Gasteiger partial charge in [0.25, 0.3) is 0 Å². The van der Waals surface area contributed by atoms with E-state index in [1.54, 1.807) is 6.20 Å². The summed E-state index contributed by atoms with van der Waals surface area (Å²) >= 11 is 0. The molecule has 2 heteroatoms. The van der Waals surface area contributed by atoms with Crippen molar-refractivity contribution in [3.63, 3.8) is 0 Å². The number of aliphatic imine (C=N–C) groups is 1. The SMILES string of the molecule is C1=NC(c2cccnc2)=CCC1.CC. The second-order valence-corrected chi connectivity index (χ2v) is 2.72. The zero-order valence-electron chi connectivity index (χ0n) is 8.77. The van der Waals surface area contributed by atoms with Crippen molar-refractivity contribution in [2.75, 3.05) is 0 Å². The second kappa shape index (κ2) is 6.08. The summed E-state index contributed by atoms with van der Waals surface area (Å²) in [5.41, 5.74) is 2.16. The molecule has 0 spiro atoms. The van der Waals surface area contributed by atoms with E-state index in [4.69, 9.17) is 0 Å². The molecule has 0 saturated heterocycles. The Morgan fingerprint density at radius 1 is 1.21 bits per heavy atom. The Balaban J connectivity index is 0.000000461. The van der Waals surface area contributed by atoms with Gasteiger partial charge in [-0.05, 0) is 25.0 Å². The van der Waals surface area contributed by atoms with Crippen LogP contribution in [0.25, 0.3) is 5.70 Å². The lowest BCUT2D eigenvalue weighted by Crippen LogP contribution is -1.88. The Morgan fingerprint density at radius 2 is 2.07 bits per heavy atom. The van der Waals surface area contributed by atoms with Crippen molar-refractivity contribution in [2.24, 2.45) is 4.99 Å². The molecule has 1 aromatic heterocycles. The lowest BCUT2D eigenvalue weighted by molar-refractivity contribution is 1.09. The third-order valence-corrected chi connectivity index (χ3v) is 1.82. The highest BCUT2D eigenvalue weighted by Crippen LogP contribution is 2.17. The normalized spacial score (nSPS) is 14.0. The minimum atomic E-state index is 1.05. The molecule has 1 aliphatic heterocycles. The summed E-state index contributed by atoms with van der Waals surface area (Å²) in [5, 5.41) is 0. The van der Waals surface area contributed by atoms with Crippen LogP contribution in [-0.2, 0) is 0 Å². The molecule has 0 radical (unpaired) electrons. The fraction of sp³-hybridized carbons (Fsp3) is 0.333. The Bertz CT molecular complexity index is 312. The molecule has 0 unspecified atom stereocenters. The summed E-state index contributed by atoms with van der Waals surface area (Å²) in [6.45, 7) is 4.00. The van der Waals surface area contributed by atoms with Gasteiger partial charge in [0, 0.05) is 24.2 Å². The van der Waals surface area contributed by atoms with Crippen molar-refractivity contribution >= 4 is 11.9 Å². The fourth-order valence-electron chi connectivity index (χ4n) is 1.22. The van der Waals surface area contributed by atoms with Crippen molar-refractivity contribution < 1.29 is 0 Å². The maximum atomic E-state index is 4.30. The Labute approximate surface area is 85.4 Å². The van der Waals surface area contributed by atoms with Gasteiger partial charge in [0.15, 0.2) is 0 Å². The molecule has 2 heterocycles. The predicted molar refractivity (Wildman–Crippen MR) is 61.3 cm³/mol. The summed E-state index contributed by atoms with van der Waals surface area (Å²) in [4.78, 5) is 8.34. The van der Waals surface area contributed by atoms with Crippen LogP contribution in [0.15, 0.2) is 35.6 Å². The molecular weight excluding hydrogens is 172 g/mol. The van der Waals surface area contributed by atoms with E-state index in [0.29, 0.717) is 0 Å². The molecule has 0 fully saturated rings. The minimum absolute atomic E-state index is 1.05. The highest BCUT2D eigenvalue weighted by atomic mass is 14.7.